The van der Waals surface area contributed by atoms with Crippen molar-refractivity contribution in [3.63, 3.8) is 0 Å². The van der Waals surface area contributed by atoms with Gasteiger partial charge in [0.15, 0.2) is 0 Å². The summed E-state index contributed by atoms with van der Waals surface area (Å²) < 4.78 is 1.71. The number of imidazole rings is 1. The van der Waals surface area contributed by atoms with Gasteiger partial charge in [-0.3, -0.25) is 14.2 Å². The maximum Gasteiger partial charge on any atom is 0.326 e. The fourth-order valence-corrected chi connectivity index (χ4v) is 5.52. The Morgan fingerprint density at radius 3 is 2.44 bits per heavy atom. The summed E-state index contributed by atoms with van der Waals surface area (Å²) in [7, 11) is 0. The first-order valence-corrected chi connectivity index (χ1v) is 12.7. The van der Waals surface area contributed by atoms with Crippen LogP contribution in [0.5, 0.6) is 0 Å². The van der Waals surface area contributed by atoms with E-state index in [4.69, 9.17) is 0 Å². The molecule has 2 fully saturated rings. The van der Waals surface area contributed by atoms with Gasteiger partial charge in [0, 0.05) is 51.3 Å². The second kappa shape index (κ2) is 10.5. The number of nitrogens with zero attached hydrogens (tertiary/aromatic N) is 3. The molecule has 36 heavy (non-hydrogen) atoms. The number of aromatic nitrogens is 2. The van der Waals surface area contributed by atoms with Crippen LogP contribution in [-0.4, -0.2) is 69.9 Å². The molecule has 188 valence electrons. The topological polar surface area (TPSA) is 90.4 Å². The number of aromatic amines is 1. The molecule has 2 aliphatic rings. The summed E-state index contributed by atoms with van der Waals surface area (Å²) in [6.07, 6.45) is 2.33. The smallest absolute Gasteiger partial charge is 0.326 e. The molecule has 1 aromatic heterocycles. The van der Waals surface area contributed by atoms with Crippen LogP contribution in [0.2, 0.25) is 0 Å². The van der Waals surface area contributed by atoms with E-state index in [2.05, 4.69) is 22.4 Å². The molecule has 8 heteroatoms. The van der Waals surface area contributed by atoms with Gasteiger partial charge in [0.25, 0.3) is 5.91 Å². The number of carbonyl (C=O) groups is 2. The molecular weight excluding hydrogens is 454 g/mol. The van der Waals surface area contributed by atoms with Crippen molar-refractivity contribution < 1.29 is 9.59 Å². The molecule has 5 rings (SSSR count). The molecule has 3 aromatic rings. The molecule has 8 nitrogen and oxygen atoms in total. The van der Waals surface area contributed by atoms with E-state index in [0.29, 0.717) is 44.1 Å². The Hall–Kier alpha value is -3.65. The molecule has 2 atom stereocenters. The van der Waals surface area contributed by atoms with Gasteiger partial charge in [-0.1, -0.05) is 60.7 Å². The van der Waals surface area contributed by atoms with Gasteiger partial charge < -0.3 is 20.1 Å². The number of H-pyrrole nitrogens is 1. The molecule has 2 amide bonds. The number of hydrogen-bond donors (Lipinski definition) is 2. The molecule has 2 saturated heterocycles. The third-order valence-electron chi connectivity index (χ3n) is 7.32. The molecule has 1 unspecified atom stereocenters. The number of amides is 2. The lowest BCUT2D eigenvalue weighted by Crippen LogP contribution is -2.54. The van der Waals surface area contributed by atoms with Crippen LogP contribution in [0.15, 0.2) is 65.5 Å². The average molecular weight is 488 g/mol. The van der Waals surface area contributed by atoms with Gasteiger partial charge in [0.2, 0.25) is 5.91 Å². The van der Waals surface area contributed by atoms with Gasteiger partial charge >= 0.3 is 5.69 Å². The number of carbonyl (C=O) groups excluding carboxylic acids is 2. The lowest BCUT2D eigenvalue weighted by atomic mass is 10.0. The van der Waals surface area contributed by atoms with Crippen LogP contribution >= 0.6 is 0 Å². The summed E-state index contributed by atoms with van der Waals surface area (Å²) in [5.74, 6) is -0.156. The van der Waals surface area contributed by atoms with Crippen molar-refractivity contribution in [2.45, 2.75) is 38.3 Å². The zero-order valence-corrected chi connectivity index (χ0v) is 20.7. The third-order valence-corrected chi connectivity index (χ3v) is 7.32. The standard InChI is InChI=1S/C28H33N5O3/c1-20(34)31-15-8-13-23(19-31)33-26(22-11-6-3-7-12-22)25(30-28(33)36)27(35)32-16-14-29-18-24(32)17-21-9-4-2-5-10-21/h2-7,9-12,23-24,29H,8,13-19H2,1H3,(H,30,36)/t23?,24-/m1/s1. The van der Waals surface area contributed by atoms with E-state index in [1.165, 1.54) is 5.56 Å². The largest absolute Gasteiger partial charge is 0.341 e. The minimum atomic E-state index is -0.303. The number of piperidine rings is 1. The molecule has 0 radical (unpaired) electrons. The van der Waals surface area contributed by atoms with Crippen molar-refractivity contribution >= 4 is 11.8 Å². The van der Waals surface area contributed by atoms with Gasteiger partial charge in [-0.2, -0.15) is 0 Å². The maximum absolute atomic E-state index is 14.1. The average Bonchev–Trinajstić information content (AvgIpc) is 3.26. The second-order valence-electron chi connectivity index (χ2n) is 9.70. The quantitative estimate of drug-likeness (QED) is 0.579. The number of hydrogen-bond acceptors (Lipinski definition) is 4. The number of rotatable bonds is 5. The highest BCUT2D eigenvalue weighted by Gasteiger charge is 2.34. The molecule has 2 N–H and O–H groups in total. The fourth-order valence-electron chi connectivity index (χ4n) is 5.52. The minimum absolute atomic E-state index is 0.00501. The van der Waals surface area contributed by atoms with E-state index in [1.54, 1.807) is 16.4 Å². The first-order valence-electron chi connectivity index (χ1n) is 12.7. The van der Waals surface area contributed by atoms with Crippen molar-refractivity contribution in [3.05, 3.63) is 82.4 Å². The van der Waals surface area contributed by atoms with Gasteiger partial charge in [0.1, 0.15) is 5.69 Å². The Bertz CT molecular complexity index is 1270. The van der Waals surface area contributed by atoms with Crippen molar-refractivity contribution in [1.29, 1.82) is 0 Å². The molecule has 0 bridgehead atoms. The summed E-state index contributed by atoms with van der Waals surface area (Å²) in [5.41, 5.74) is 2.62. The number of nitrogens with one attached hydrogen (secondary N) is 2. The lowest BCUT2D eigenvalue weighted by Gasteiger charge is -2.36. The SMILES string of the molecule is CC(=O)N1CCCC(n2c(-c3ccccc3)c(C(=O)N3CCNC[C@H]3Cc3ccccc3)[nH]c2=O)C1. The van der Waals surface area contributed by atoms with E-state index in [-0.39, 0.29) is 29.6 Å². The Morgan fingerprint density at radius 1 is 1.00 bits per heavy atom. The van der Waals surface area contributed by atoms with E-state index >= 15 is 0 Å². The van der Waals surface area contributed by atoms with E-state index in [0.717, 1.165) is 24.8 Å². The van der Waals surface area contributed by atoms with Crippen molar-refractivity contribution in [1.82, 2.24) is 24.7 Å². The highest BCUT2D eigenvalue weighted by atomic mass is 16.2. The first-order chi connectivity index (χ1) is 17.5. The molecule has 2 aliphatic heterocycles. The molecule has 0 spiro atoms. The monoisotopic (exact) mass is 487 g/mol. The van der Waals surface area contributed by atoms with E-state index < -0.39 is 0 Å². The minimum Gasteiger partial charge on any atom is -0.341 e. The van der Waals surface area contributed by atoms with Crippen LogP contribution in [0.1, 0.15) is 41.9 Å². The Labute approximate surface area is 210 Å². The third kappa shape index (κ3) is 4.86. The summed E-state index contributed by atoms with van der Waals surface area (Å²) in [5, 5.41) is 3.41. The zero-order chi connectivity index (χ0) is 25.1. The number of benzene rings is 2. The summed E-state index contributed by atoms with van der Waals surface area (Å²) in [6.45, 7) is 4.69. The van der Waals surface area contributed by atoms with Crippen LogP contribution in [0.3, 0.4) is 0 Å². The predicted molar refractivity (Wildman–Crippen MR) is 139 cm³/mol. The fraction of sp³-hybridized carbons (Fsp3) is 0.393. The first kappa shape index (κ1) is 24.1. The summed E-state index contributed by atoms with van der Waals surface area (Å²) >= 11 is 0. The molecular formula is C28H33N5O3. The Morgan fingerprint density at radius 2 is 1.72 bits per heavy atom. The van der Waals surface area contributed by atoms with Gasteiger partial charge in [0.05, 0.1) is 11.7 Å². The van der Waals surface area contributed by atoms with Crippen molar-refractivity contribution in [3.8, 4) is 11.3 Å². The second-order valence-corrected chi connectivity index (χ2v) is 9.70. The van der Waals surface area contributed by atoms with E-state index in [9.17, 15) is 14.4 Å². The molecule has 3 heterocycles. The summed E-state index contributed by atoms with van der Waals surface area (Å²) in [6, 6.07) is 19.6. The maximum atomic E-state index is 14.1. The molecule has 0 aliphatic carbocycles. The van der Waals surface area contributed by atoms with Crippen molar-refractivity contribution in [2.75, 3.05) is 32.7 Å². The van der Waals surface area contributed by atoms with Crippen molar-refractivity contribution in [2.24, 2.45) is 0 Å². The van der Waals surface area contributed by atoms with Crippen LogP contribution in [0.25, 0.3) is 11.3 Å². The Balaban J connectivity index is 1.54. The number of likely N-dealkylation sites (tertiary alicyclic amines) is 1. The van der Waals surface area contributed by atoms with E-state index in [1.807, 2.05) is 53.4 Å². The Kier molecular flexibility index (Phi) is 7.04. The van der Waals surface area contributed by atoms with Gasteiger partial charge in [-0.15, -0.1) is 0 Å². The van der Waals surface area contributed by atoms with Crippen LogP contribution in [0, 0.1) is 0 Å². The normalized spacial score (nSPS) is 20.4. The van der Waals surface area contributed by atoms with Gasteiger partial charge in [-0.25, -0.2) is 4.79 Å². The predicted octanol–water partition coefficient (Wildman–Crippen LogP) is 2.68. The van der Waals surface area contributed by atoms with Crippen LogP contribution in [-0.2, 0) is 11.2 Å². The van der Waals surface area contributed by atoms with Crippen LogP contribution < -0.4 is 11.0 Å². The highest BCUT2D eigenvalue weighted by Crippen LogP contribution is 2.30. The summed E-state index contributed by atoms with van der Waals surface area (Å²) in [4.78, 5) is 46.2. The highest BCUT2D eigenvalue weighted by molar-refractivity contribution is 5.98. The molecule has 2 aromatic carbocycles. The molecule has 0 saturated carbocycles. The number of piperazine rings is 1. The van der Waals surface area contributed by atoms with Gasteiger partial charge in [-0.05, 0) is 24.8 Å². The van der Waals surface area contributed by atoms with Crippen LogP contribution in [0.4, 0.5) is 0 Å². The lowest BCUT2D eigenvalue weighted by molar-refractivity contribution is -0.130. The zero-order valence-electron chi connectivity index (χ0n) is 20.7.